The van der Waals surface area contributed by atoms with Crippen molar-refractivity contribution in [3.63, 3.8) is 0 Å². The summed E-state index contributed by atoms with van der Waals surface area (Å²) in [5.41, 5.74) is 2.77. The van der Waals surface area contributed by atoms with Crippen LogP contribution in [0, 0.1) is 11.6 Å². The van der Waals surface area contributed by atoms with E-state index in [1.165, 1.54) is 24.1 Å². The first-order chi connectivity index (χ1) is 9.70. The molecule has 1 aromatic rings. The number of alkyl halides is 2. The van der Waals surface area contributed by atoms with Gasteiger partial charge in [0.1, 0.15) is 16.8 Å². The third kappa shape index (κ3) is 5.53. The van der Waals surface area contributed by atoms with Crippen LogP contribution < -0.4 is 5.43 Å². The van der Waals surface area contributed by atoms with Gasteiger partial charge in [0.2, 0.25) is 0 Å². The third-order valence-electron chi connectivity index (χ3n) is 2.67. The smallest absolute Gasteiger partial charge is 0.254 e. The van der Waals surface area contributed by atoms with E-state index in [1.54, 1.807) is 0 Å². The molecule has 118 valence electrons. The molecular formula is C13H16ClF4N3. The number of nitrogens with one attached hydrogen (secondary N) is 1. The van der Waals surface area contributed by atoms with Crippen LogP contribution >= 0.6 is 11.6 Å². The first-order valence-electron chi connectivity index (χ1n) is 6.05. The predicted octanol–water partition coefficient (Wildman–Crippen LogP) is 3.48. The van der Waals surface area contributed by atoms with Crippen LogP contribution in [-0.2, 0) is 6.54 Å². The summed E-state index contributed by atoms with van der Waals surface area (Å²) < 4.78 is 51.4. The fourth-order valence-corrected chi connectivity index (χ4v) is 1.82. The Hall–Kier alpha value is -1.31. The summed E-state index contributed by atoms with van der Waals surface area (Å²) in [6.45, 7) is 4.76. The van der Waals surface area contributed by atoms with Gasteiger partial charge in [-0.25, -0.2) is 23.0 Å². The number of rotatable bonds is 7. The van der Waals surface area contributed by atoms with E-state index in [0.29, 0.717) is 0 Å². The molecule has 0 spiro atoms. The van der Waals surface area contributed by atoms with E-state index in [1.807, 2.05) is 0 Å². The summed E-state index contributed by atoms with van der Waals surface area (Å²) in [5.74, 6) is -1.47. The van der Waals surface area contributed by atoms with E-state index in [2.05, 4.69) is 12.0 Å². The van der Waals surface area contributed by atoms with Gasteiger partial charge in [-0.3, -0.25) is 5.01 Å². The molecule has 1 atom stereocenters. The highest BCUT2D eigenvalue weighted by Gasteiger charge is 2.20. The Kier molecular flexibility index (Phi) is 6.44. The highest BCUT2D eigenvalue weighted by atomic mass is 35.5. The number of benzene rings is 1. The molecule has 1 unspecified atom stereocenters. The SMILES string of the molecule is C=C(Cl)N(Cc1cc(F)cc(F)c1)N(C)NC(C)C(F)F. The quantitative estimate of drug-likeness (QED) is 0.470. The second kappa shape index (κ2) is 7.63. The second-order valence-electron chi connectivity index (χ2n) is 4.49. The van der Waals surface area contributed by atoms with Crippen LogP contribution in [0.3, 0.4) is 0 Å². The minimum atomic E-state index is -2.58. The maximum atomic E-state index is 13.2. The molecule has 21 heavy (non-hydrogen) atoms. The van der Waals surface area contributed by atoms with E-state index in [-0.39, 0.29) is 17.3 Å². The van der Waals surface area contributed by atoms with Crippen LogP contribution in [0.25, 0.3) is 0 Å². The molecule has 0 saturated carbocycles. The zero-order valence-corrected chi connectivity index (χ0v) is 12.3. The van der Waals surface area contributed by atoms with Gasteiger partial charge in [0, 0.05) is 13.1 Å². The molecule has 0 radical (unpaired) electrons. The number of hydrazine groups is 2. The molecule has 0 aliphatic heterocycles. The minimum Gasteiger partial charge on any atom is -0.278 e. The van der Waals surface area contributed by atoms with Crippen LogP contribution in [0.15, 0.2) is 29.9 Å². The molecule has 0 amide bonds. The maximum absolute atomic E-state index is 13.2. The average molecular weight is 326 g/mol. The first-order valence-corrected chi connectivity index (χ1v) is 6.43. The van der Waals surface area contributed by atoms with Crippen molar-refractivity contribution >= 4 is 11.6 Å². The Morgan fingerprint density at radius 3 is 2.24 bits per heavy atom. The summed E-state index contributed by atoms with van der Waals surface area (Å²) in [6.07, 6.45) is -2.58. The van der Waals surface area contributed by atoms with Gasteiger partial charge in [-0.1, -0.05) is 18.2 Å². The highest BCUT2D eigenvalue weighted by Crippen LogP contribution is 2.16. The highest BCUT2D eigenvalue weighted by molar-refractivity contribution is 6.28. The summed E-state index contributed by atoms with van der Waals surface area (Å²) in [7, 11) is 1.45. The number of halogens is 5. The van der Waals surface area contributed by atoms with E-state index in [4.69, 9.17) is 11.6 Å². The van der Waals surface area contributed by atoms with Gasteiger partial charge >= 0.3 is 0 Å². The van der Waals surface area contributed by atoms with Crippen molar-refractivity contribution in [1.82, 2.24) is 15.6 Å². The van der Waals surface area contributed by atoms with E-state index in [0.717, 1.165) is 18.2 Å². The molecule has 0 fully saturated rings. The van der Waals surface area contributed by atoms with Gasteiger partial charge in [-0.2, -0.15) is 5.12 Å². The molecule has 3 nitrogen and oxygen atoms in total. The summed E-state index contributed by atoms with van der Waals surface area (Å²) in [5, 5.41) is 2.49. The fraction of sp³-hybridized carbons (Fsp3) is 0.385. The summed E-state index contributed by atoms with van der Waals surface area (Å²) >= 11 is 5.81. The number of nitrogens with zero attached hydrogens (tertiary/aromatic N) is 2. The Bertz CT molecular complexity index is 478. The van der Waals surface area contributed by atoms with Gasteiger partial charge in [-0.05, 0) is 24.6 Å². The number of hydrogen-bond acceptors (Lipinski definition) is 3. The second-order valence-corrected chi connectivity index (χ2v) is 4.92. The Morgan fingerprint density at radius 1 is 1.29 bits per heavy atom. The molecule has 1 rings (SSSR count). The average Bonchev–Trinajstić information content (AvgIpc) is 2.33. The van der Waals surface area contributed by atoms with Crippen LogP contribution in [0.4, 0.5) is 17.6 Å². The number of hydrogen-bond donors (Lipinski definition) is 1. The Morgan fingerprint density at radius 2 is 1.81 bits per heavy atom. The van der Waals surface area contributed by atoms with Gasteiger partial charge in [0.15, 0.2) is 0 Å². The van der Waals surface area contributed by atoms with Crippen molar-refractivity contribution in [2.45, 2.75) is 25.9 Å². The Labute approximate surface area is 125 Å². The monoisotopic (exact) mass is 325 g/mol. The first kappa shape index (κ1) is 17.7. The lowest BCUT2D eigenvalue weighted by Crippen LogP contribution is -2.51. The third-order valence-corrected chi connectivity index (χ3v) is 2.86. The lowest BCUT2D eigenvalue weighted by molar-refractivity contribution is -0.0508. The van der Waals surface area contributed by atoms with Crippen LogP contribution in [0.1, 0.15) is 12.5 Å². The maximum Gasteiger partial charge on any atom is 0.254 e. The van der Waals surface area contributed by atoms with Crippen molar-refractivity contribution in [1.29, 1.82) is 0 Å². The Balaban J connectivity index is 2.84. The standard InChI is InChI=1S/C13H16ClF4N3/c1-8(13(17)18)19-20(3)21(9(2)14)7-10-4-11(15)6-12(16)5-10/h4-6,8,13,19H,2,7H2,1,3H3. The molecule has 0 aliphatic carbocycles. The van der Waals surface area contributed by atoms with Crippen molar-refractivity contribution in [3.8, 4) is 0 Å². The molecule has 0 aliphatic rings. The zero-order chi connectivity index (χ0) is 16.2. The zero-order valence-electron chi connectivity index (χ0n) is 11.6. The van der Waals surface area contributed by atoms with E-state index in [9.17, 15) is 17.6 Å². The minimum absolute atomic E-state index is 0.0103. The predicted molar refractivity (Wildman–Crippen MR) is 73.3 cm³/mol. The molecule has 0 aromatic heterocycles. The normalized spacial score (nSPS) is 12.8. The lowest BCUT2D eigenvalue weighted by Gasteiger charge is -2.34. The van der Waals surface area contributed by atoms with Crippen LogP contribution in [-0.4, -0.2) is 29.6 Å². The molecule has 0 bridgehead atoms. The summed E-state index contributed by atoms with van der Waals surface area (Å²) in [4.78, 5) is 0. The van der Waals surface area contributed by atoms with Crippen molar-refractivity contribution in [3.05, 3.63) is 47.1 Å². The van der Waals surface area contributed by atoms with Crippen molar-refractivity contribution < 1.29 is 17.6 Å². The summed E-state index contributed by atoms with van der Waals surface area (Å²) in [6, 6.07) is 1.86. The lowest BCUT2D eigenvalue weighted by atomic mass is 10.2. The van der Waals surface area contributed by atoms with Gasteiger partial charge in [0.05, 0.1) is 12.6 Å². The van der Waals surface area contributed by atoms with Gasteiger partial charge < -0.3 is 0 Å². The molecule has 1 N–H and O–H groups in total. The van der Waals surface area contributed by atoms with Crippen molar-refractivity contribution in [2.24, 2.45) is 0 Å². The van der Waals surface area contributed by atoms with E-state index >= 15 is 0 Å². The topological polar surface area (TPSA) is 18.5 Å². The molecule has 1 aromatic carbocycles. The largest absolute Gasteiger partial charge is 0.278 e. The van der Waals surface area contributed by atoms with Crippen LogP contribution in [0.2, 0.25) is 0 Å². The van der Waals surface area contributed by atoms with Gasteiger partial charge in [-0.15, -0.1) is 0 Å². The molecular weight excluding hydrogens is 310 g/mol. The fourth-order valence-electron chi connectivity index (χ4n) is 1.65. The molecule has 8 heteroatoms. The van der Waals surface area contributed by atoms with Crippen LogP contribution in [0.5, 0.6) is 0 Å². The van der Waals surface area contributed by atoms with Crippen molar-refractivity contribution in [2.75, 3.05) is 7.05 Å². The van der Waals surface area contributed by atoms with Gasteiger partial charge in [0.25, 0.3) is 6.43 Å². The molecule has 0 heterocycles. The van der Waals surface area contributed by atoms with E-state index < -0.39 is 24.1 Å². The molecule has 0 saturated heterocycles.